The van der Waals surface area contributed by atoms with Crippen LogP contribution in [-0.2, 0) is 7.05 Å². The number of hydrogen-bond acceptors (Lipinski definition) is 5. The Morgan fingerprint density at radius 2 is 2.00 bits per heavy atom. The molecule has 0 aliphatic rings. The normalized spacial score (nSPS) is 10.9. The molecule has 0 unspecified atom stereocenters. The number of aromatic nitrogens is 5. The fourth-order valence-corrected chi connectivity index (χ4v) is 1.65. The first-order valence-electron chi connectivity index (χ1n) is 5.37. The molecule has 0 fully saturated rings. The number of nitrogens with zero attached hydrogens (tertiary/aromatic N) is 5. The van der Waals surface area contributed by atoms with E-state index in [0.29, 0.717) is 22.7 Å². The van der Waals surface area contributed by atoms with Crippen molar-refractivity contribution in [1.29, 1.82) is 0 Å². The number of benzene rings is 1. The van der Waals surface area contributed by atoms with Crippen molar-refractivity contribution >= 4 is 22.7 Å². The van der Waals surface area contributed by atoms with Gasteiger partial charge in [0, 0.05) is 18.8 Å². The molecule has 0 saturated carbocycles. The van der Waals surface area contributed by atoms with Crippen LogP contribution in [0.1, 0.15) is 0 Å². The zero-order valence-corrected chi connectivity index (χ0v) is 9.80. The van der Waals surface area contributed by atoms with E-state index in [4.69, 9.17) is 0 Å². The Morgan fingerprint density at radius 1 is 1.16 bits per heavy atom. The van der Waals surface area contributed by atoms with E-state index in [0.717, 1.165) is 12.1 Å². The summed E-state index contributed by atoms with van der Waals surface area (Å²) in [5.74, 6) is -1.46. The second kappa shape index (κ2) is 4.23. The summed E-state index contributed by atoms with van der Waals surface area (Å²) in [6.45, 7) is 0. The van der Waals surface area contributed by atoms with Gasteiger partial charge < -0.3 is 5.32 Å². The summed E-state index contributed by atoms with van der Waals surface area (Å²) in [7, 11) is 1.70. The SMILES string of the molecule is Cn1nnc2c(Nc3ccc(F)c(F)c3)ncnc21. The van der Waals surface area contributed by atoms with Gasteiger partial charge in [-0.1, -0.05) is 5.21 Å². The molecule has 0 radical (unpaired) electrons. The largest absolute Gasteiger partial charge is 0.338 e. The summed E-state index contributed by atoms with van der Waals surface area (Å²) in [5, 5.41) is 10.6. The summed E-state index contributed by atoms with van der Waals surface area (Å²) >= 11 is 0. The van der Waals surface area contributed by atoms with Gasteiger partial charge in [0.1, 0.15) is 6.33 Å². The molecule has 0 aliphatic carbocycles. The minimum Gasteiger partial charge on any atom is -0.338 e. The fraction of sp³-hybridized carbons (Fsp3) is 0.0909. The highest BCUT2D eigenvalue weighted by molar-refractivity contribution is 5.84. The number of anilines is 2. The van der Waals surface area contributed by atoms with E-state index >= 15 is 0 Å². The van der Waals surface area contributed by atoms with Gasteiger partial charge in [0.05, 0.1) is 0 Å². The summed E-state index contributed by atoms with van der Waals surface area (Å²) in [4.78, 5) is 8.04. The second-order valence-corrected chi connectivity index (χ2v) is 3.86. The molecule has 0 amide bonds. The van der Waals surface area contributed by atoms with E-state index in [1.54, 1.807) is 7.05 Å². The summed E-state index contributed by atoms with van der Waals surface area (Å²) in [6, 6.07) is 3.48. The van der Waals surface area contributed by atoms with Gasteiger partial charge >= 0.3 is 0 Å². The number of nitrogens with one attached hydrogen (secondary N) is 1. The molecule has 0 bridgehead atoms. The lowest BCUT2D eigenvalue weighted by molar-refractivity contribution is 0.509. The number of fused-ring (bicyclic) bond motifs is 1. The lowest BCUT2D eigenvalue weighted by Gasteiger charge is -2.05. The van der Waals surface area contributed by atoms with Crippen LogP contribution < -0.4 is 5.32 Å². The topological polar surface area (TPSA) is 68.5 Å². The monoisotopic (exact) mass is 262 g/mol. The van der Waals surface area contributed by atoms with E-state index in [1.807, 2.05) is 0 Å². The zero-order chi connectivity index (χ0) is 13.4. The highest BCUT2D eigenvalue weighted by Crippen LogP contribution is 2.21. The van der Waals surface area contributed by atoms with Crippen LogP contribution in [0.2, 0.25) is 0 Å². The van der Waals surface area contributed by atoms with E-state index in [2.05, 4.69) is 25.6 Å². The van der Waals surface area contributed by atoms with Crippen LogP contribution in [0.25, 0.3) is 11.2 Å². The number of hydrogen-bond donors (Lipinski definition) is 1. The Labute approximate surface area is 106 Å². The van der Waals surface area contributed by atoms with Crippen molar-refractivity contribution < 1.29 is 8.78 Å². The Bertz CT molecular complexity index is 754. The van der Waals surface area contributed by atoms with Crippen molar-refractivity contribution in [2.24, 2.45) is 7.05 Å². The van der Waals surface area contributed by atoms with E-state index in [9.17, 15) is 8.78 Å². The van der Waals surface area contributed by atoms with Gasteiger partial charge in [-0.3, -0.25) is 0 Å². The maximum Gasteiger partial charge on any atom is 0.183 e. The number of aryl methyl sites for hydroxylation is 1. The molecule has 1 N–H and O–H groups in total. The molecule has 0 atom stereocenters. The molecular weight excluding hydrogens is 254 g/mol. The molecule has 8 heteroatoms. The van der Waals surface area contributed by atoms with Crippen molar-refractivity contribution in [2.45, 2.75) is 0 Å². The minimum absolute atomic E-state index is 0.365. The van der Waals surface area contributed by atoms with Gasteiger partial charge in [-0.15, -0.1) is 5.10 Å². The van der Waals surface area contributed by atoms with E-state index in [-0.39, 0.29) is 0 Å². The smallest absolute Gasteiger partial charge is 0.183 e. The van der Waals surface area contributed by atoms with Crippen molar-refractivity contribution in [3.63, 3.8) is 0 Å². The van der Waals surface area contributed by atoms with E-state index < -0.39 is 11.6 Å². The van der Waals surface area contributed by atoms with Crippen LogP contribution in [0.3, 0.4) is 0 Å². The molecular formula is C11H8F2N6. The van der Waals surface area contributed by atoms with Crippen LogP contribution in [0, 0.1) is 11.6 Å². The van der Waals surface area contributed by atoms with Gasteiger partial charge in [-0.25, -0.2) is 23.4 Å². The molecule has 1 aromatic carbocycles. The summed E-state index contributed by atoms with van der Waals surface area (Å²) in [6.07, 6.45) is 1.34. The van der Waals surface area contributed by atoms with Crippen molar-refractivity contribution in [3.8, 4) is 0 Å². The molecule has 3 aromatic rings. The molecule has 2 heterocycles. The van der Waals surface area contributed by atoms with Crippen LogP contribution in [-0.4, -0.2) is 25.0 Å². The average molecular weight is 262 g/mol. The van der Waals surface area contributed by atoms with Crippen molar-refractivity contribution in [2.75, 3.05) is 5.32 Å². The number of rotatable bonds is 2. The second-order valence-electron chi connectivity index (χ2n) is 3.86. The Kier molecular flexibility index (Phi) is 2.55. The van der Waals surface area contributed by atoms with Gasteiger partial charge in [0.2, 0.25) is 0 Å². The highest BCUT2D eigenvalue weighted by atomic mass is 19.2. The third kappa shape index (κ3) is 1.96. The predicted octanol–water partition coefficient (Wildman–Crippen LogP) is 1.78. The van der Waals surface area contributed by atoms with Gasteiger partial charge in [0.25, 0.3) is 0 Å². The third-order valence-corrected chi connectivity index (χ3v) is 2.57. The minimum atomic E-state index is -0.936. The molecule has 0 spiro atoms. The quantitative estimate of drug-likeness (QED) is 0.762. The molecule has 96 valence electrons. The Balaban J connectivity index is 2.03. The molecule has 2 aromatic heterocycles. The average Bonchev–Trinajstić information content (AvgIpc) is 2.77. The molecule has 0 aliphatic heterocycles. The maximum absolute atomic E-state index is 13.1. The van der Waals surface area contributed by atoms with Gasteiger partial charge in [0.15, 0.2) is 28.6 Å². The first-order valence-corrected chi connectivity index (χ1v) is 5.37. The lowest BCUT2D eigenvalue weighted by Crippen LogP contribution is -1.98. The van der Waals surface area contributed by atoms with Crippen LogP contribution in [0.5, 0.6) is 0 Å². The maximum atomic E-state index is 13.1. The van der Waals surface area contributed by atoms with Crippen LogP contribution in [0.4, 0.5) is 20.3 Å². The first kappa shape index (κ1) is 11.5. The summed E-state index contributed by atoms with van der Waals surface area (Å²) in [5.41, 5.74) is 1.36. The Morgan fingerprint density at radius 3 is 2.79 bits per heavy atom. The molecule has 6 nitrogen and oxygen atoms in total. The van der Waals surface area contributed by atoms with Crippen molar-refractivity contribution in [3.05, 3.63) is 36.2 Å². The van der Waals surface area contributed by atoms with Gasteiger partial charge in [-0.2, -0.15) is 0 Å². The standard InChI is InChI=1S/C11H8F2N6/c1-19-11-9(17-18-19)10(14-5-15-11)16-6-2-3-7(12)8(13)4-6/h2-5H,1H3,(H,14,15,16). The van der Waals surface area contributed by atoms with E-state index in [1.165, 1.54) is 17.1 Å². The molecule has 3 rings (SSSR count). The zero-order valence-electron chi connectivity index (χ0n) is 9.80. The fourth-order valence-electron chi connectivity index (χ4n) is 1.65. The van der Waals surface area contributed by atoms with Crippen LogP contribution in [0.15, 0.2) is 24.5 Å². The third-order valence-electron chi connectivity index (χ3n) is 2.57. The predicted molar refractivity (Wildman–Crippen MR) is 63.7 cm³/mol. The lowest BCUT2D eigenvalue weighted by atomic mass is 10.3. The highest BCUT2D eigenvalue weighted by Gasteiger charge is 2.10. The number of halogens is 2. The molecule has 19 heavy (non-hydrogen) atoms. The van der Waals surface area contributed by atoms with Crippen molar-refractivity contribution in [1.82, 2.24) is 25.0 Å². The molecule has 0 saturated heterocycles. The summed E-state index contributed by atoms with van der Waals surface area (Å²) < 4.78 is 27.5. The van der Waals surface area contributed by atoms with Gasteiger partial charge in [-0.05, 0) is 12.1 Å². The first-order chi connectivity index (χ1) is 9.15. The Hall–Kier alpha value is -2.64. The van der Waals surface area contributed by atoms with Crippen LogP contribution >= 0.6 is 0 Å².